The third-order valence-corrected chi connectivity index (χ3v) is 8.40. The van der Waals surface area contributed by atoms with E-state index in [2.05, 4.69) is 4.98 Å². The number of nitrogens with zero attached hydrogens (tertiary/aromatic N) is 2. The van der Waals surface area contributed by atoms with Crippen molar-refractivity contribution in [1.82, 2.24) is 9.88 Å². The Balaban J connectivity index is 1.70. The maximum absolute atomic E-state index is 13.0. The second kappa shape index (κ2) is 9.37. The molecular weight excluding hydrogens is 510 g/mol. The van der Waals surface area contributed by atoms with Crippen LogP contribution in [0.15, 0.2) is 41.4 Å². The van der Waals surface area contributed by atoms with Crippen molar-refractivity contribution < 1.29 is 39.6 Å². The largest absolute Gasteiger partial charge is 0.417 e. The zero-order valence-electron chi connectivity index (χ0n) is 17.6. The fourth-order valence-electron chi connectivity index (χ4n) is 3.79. The summed E-state index contributed by atoms with van der Waals surface area (Å²) in [6.45, 7) is 1.59. The van der Waals surface area contributed by atoms with Crippen molar-refractivity contribution in [2.24, 2.45) is 5.92 Å². The molecule has 1 atom stereocenters. The Bertz CT molecular complexity index is 1180. The van der Waals surface area contributed by atoms with Crippen LogP contribution in [0, 0.1) is 5.92 Å². The molecule has 1 amide bonds. The van der Waals surface area contributed by atoms with Crippen LogP contribution in [-0.4, -0.2) is 42.5 Å². The standard InChI is InChI=1S/C21H19ClF6N2O3S/c1-12(34(32,33)16-4-2-3-14(9-16)20(23,24)25)13-5-7-30(8-6-13)19(31)18-17(22)10-15(11-29-18)21(26,27)28/h2-4,9-13H,5-8H2,1H3/t12-/m1/s1. The van der Waals surface area contributed by atoms with Gasteiger partial charge in [0.2, 0.25) is 0 Å². The summed E-state index contributed by atoms with van der Waals surface area (Å²) in [6.07, 6.45) is -8.39. The average molecular weight is 529 g/mol. The van der Waals surface area contributed by atoms with Gasteiger partial charge in [-0.1, -0.05) is 17.7 Å². The molecule has 0 aliphatic carbocycles. The molecule has 1 aromatic heterocycles. The Morgan fingerprint density at radius 1 is 1.06 bits per heavy atom. The van der Waals surface area contributed by atoms with Gasteiger partial charge < -0.3 is 4.90 Å². The maximum atomic E-state index is 13.0. The minimum atomic E-state index is -4.69. The van der Waals surface area contributed by atoms with Gasteiger partial charge >= 0.3 is 12.4 Å². The van der Waals surface area contributed by atoms with Crippen molar-refractivity contribution in [3.05, 3.63) is 58.4 Å². The summed E-state index contributed by atoms with van der Waals surface area (Å²) in [7, 11) is -4.08. The van der Waals surface area contributed by atoms with E-state index in [1.807, 2.05) is 0 Å². The van der Waals surface area contributed by atoms with Crippen LogP contribution in [0.1, 0.15) is 41.4 Å². The van der Waals surface area contributed by atoms with Crippen LogP contribution in [0.4, 0.5) is 26.3 Å². The highest BCUT2D eigenvalue weighted by atomic mass is 35.5. The van der Waals surface area contributed by atoms with Crippen molar-refractivity contribution >= 4 is 27.3 Å². The Morgan fingerprint density at radius 2 is 1.65 bits per heavy atom. The number of alkyl halides is 6. The monoisotopic (exact) mass is 528 g/mol. The van der Waals surface area contributed by atoms with Gasteiger partial charge in [-0.05, 0) is 49.9 Å². The summed E-state index contributed by atoms with van der Waals surface area (Å²) >= 11 is 5.83. The number of sulfone groups is 1. The van der Waals surface area contributed by atoms with E-state index in [4.69, 9.17) is 11.6 Å². The van der Waals surface area contributed by atoms with Crippen LogP contribution in [0.5, 0.6) is 0 Å². The molecule has 0 radical (unpaired) electrons. The number of hydrogen-bond donors (Lipinski definition) is 0. The Hall–Kier alpha value is -2.34. The molecule has 1 aliphatic heterocycles. The Labute approximate surface area is 196 Å². The van der Waals surface area contributed by atoms with Gasteiger partial charge in [-0.2, -0.15) is 26.3 Å². The molecule has 5 nitrogen and oxygen atoms in total. The molecule has 0 bridgehead atoms. The first kappa shape index (κ1) is 26.3. The van der Waals surface area contributed by atoms with E-state index in [0.29, 0.717) is 18.3 Å². The number of rotatable bonds is 4. The zero-order valence-corrected chi connectivity index (χ0v) is 19.2. The van der Waals surface area contributed by atoms with Gasteiger partial charge in [-0.3, -0.25) is 4.79 Å². The molecule has 0 N–H and O–H groups in total. The molecule has 3 rings (SSSR count). The topological polar surface area (TPSA) is 67.3 Å². The van der Waals surface area contributed by atoms with Crippen molar-refractivity contribution in [3.8, 4) is 0 Å². The van der Waals surface area contributed by atoms with E-state index >= 15 is 0 Å². The van der Waals surface area contributed by atoms with E-state index in [0.717, 1.165) is 18.2 Å². The average Bonchev–Trinajstić information content (AvgIpc) is 2.77. The summed E-state index contributed by atoms with van der Waals surface area (Å²) in [5.74, 6) is -1.13. The Kier molecular flexibility index (Phi) is 7.24. The third kappa shape index (κ3) is 5.48. The van der Waals surface area contributed by atoms with E-state index in [9.17, 15) is 39.6 Å². The molecule has 2 heterocycles. The lowest BCUT2D eigenvalue weighted by Gasteiger charge is -2.34. The van der Waals surface area contributed by atoms with Gasteiger partial charge in [0.1, 0.15) is 5.69 Å². The number of piperidine rings is 1. The number of carbonyl (C=O) groups is 1. The lowest BCUT2D eigenvalue weighted by molar-refractivity contribution is -0.138. The van der Waals surface area contributed by atoms with Gasteiger partial charge in [-0.25, -0.2) is 13.4 Å². The lowest BCUT2D eigenvalue weighted by Crippen LogP contribution is -2.42. The first-order chi connectivity index (χ1) is 15.6. The number of likely N-dealkylation sites (tertiary alicyclic amines) is 1. The van der Waals surface area contributed by atoms with Crippen molar-refractivity contribution in [3.63, 3.8) is 0 Å². The highest BCUT2D eigenvalue weighted by Gasteiger charge is 2.37. The molecule has 1 fully saturated rings. The highest BCUT2D eigenvalue weighted by molar-refractivity contribution is 7.92. The molecular formula is C21H19ClF6N2O3S. The van der Waals surface area contributed by atoms with Crippen LogP contribution in [0.25, 0.3) is 0 Å². The van der Waals surface area contributed by atoms with Crippen molar-refractivity contribution in [2.75, 3.05) is 13.1 Å². The van der Waals surface area contributed by atoms with Gasteiger partial charge in [0.05, 0.1) is 26.3 Å². The molecule has 0 unspecified atom stereocenters. The second-order valence-electron chi connectivity index (χ2n) is 7.96. The summed E-state index contributed by atoms with van der Waals surface area (Å²) in [5, 5.41) is -1.47. The van der Waals surface area contributed by atoms with Crippen molar-refractivity contribution in [1.29, 1.82) is 0 Å². The first-order valence-corrected chi connectivity index (χ1v) is 12.0. The number of pyridine rings is 1. The van der Waals surface area contributed by atoms with Gasteiger partial charge in [0.15, 0.2) is 9.84 Å². The number of amides is 1. The summed E-state index contributed by atoms with van der Waals surface area (Å²) in [6, 6.07) is 4.14. The molecule has 1 aromatic carbocycles. The number of benzene rings is 1. The Morgan fingerprint density at radius 3 is 2.18 bits per heavy atom. The molecule has 1 saturated heterocycles. The van der Waals surface area contributed by atoms with Gasteiger partial charge in [-0.15, -0.1) is 0 Å². The number of halogens is 7. The maximum Gasteiger partial charge on any atom is 0.417 e. The van der Waals surface area contributed by atoms with Crippen LogP contribution >= 0.6 is 11.6 Å². The fourth-order valence-corrected chi connectivity index (χ4v) is 5.80. The molecule has 1 aliphatic rings. The minimum Gasteiger partial charge on any atom is -0.337 e. The van der Waals surface area contributed by atoms with Gasteiger partial charge in [0, 0.05) is 19.3 Å². The number of hydrogen-bond acceptors (Lipinski definition) is 4. The first-order valence-electron chi connectivity index (χ1n) is 10.1. The van der Waals surface area contributed by atoms with Gasteiger partial charge in [0.25, 0.3) is 5.91 Å². The number of carbonyl (C=O) groups excluding carboxylic acids is 1. The third-order valence-electron chi connectivity index (χ3n) is 5.84. The predicted octanol–water partition coefficient (Wildman–Crippen LogP) is 5.49. The molecule has 13 heteroatoms. The molecule has 2 aromatic rings. The van der Waals surface area contributed by atoms with E-state index in [1.165, 1.54) is 11.8 Å². The fraction of sp³-hybridized carbons (Fsp3) is 0.429. The summed E-state index contributed by atoms with van der Waals surface area (Å²) in [4.78, 5) is 17.1. The number of aromatic nitrogens is 1. The van der Waals surface area contributed by atoms with E-state index in [-0.39, 0.29) is 31.6 Å². The zero-order chi connectivity index (χ0) is 25.5. The van der Waals surface area contributed by atoms with E-state index in [1.54, 1.807) is 0 Å². The summed E-state index contributed by atoms with van der Waals surface area (Å²) in [5.41, 5.74) is -2.51. The molecule has 34 heavy (non-hydrogen) atoms. The molecule has 186 valence electrons. The molecule has 0 saturated carbocycles. The van der Waals surface area contributed by atoms with E-state index < -0.39 is 60.3 Å². The highest BCUT2D eigenvalue weighted by Crippen LogP contribution is 2.35. The second-order valence-corrected chi connectivity index (χ2v) is 10.7. The van der Waals surface area contributed by atoms with Crippen LogP contribution < -0.4 is 0 Å². The predicted molar refractivity (Wildman–Crippen MR) is 111 cm³/mol. The quantitative estimate of drug-likeness (QED) is 0.492. The normalized spacial score (nSPS) is 17.0. The summed E-state index contributed by atoms with van der Waals surface area (Å²) < 4.78 is 103. The van der Waals surface area contributed by atoms with Crippen LogP contribution in [0.2, 0.25) is 5.02 Å². The minimum absolute atomic E-state index is 0.0883. The smallest absolute Gasteiger partial charge is 0.337 e. The SMILES string of the molecule is C[C@H](C1CCN(C(=O)c2ncc(C(F)(F)F)cc2Cl)CC1)S(=O)(=O)c1cccc(C(F)(F)F)c1. The lowest BCUT2D eigenvalue weighted by atomic mass is 9.94. The van der Waals surface area contributed by atoms with Crippen LogP contribution in [0.3, 0.4) is 0 Å². The molecule has 0 spiro atoms. The van der Waals surface area contributed by atoms with Crippen molar-refractivity contribution in [2.45, 2.75) is 42.3 Å². The van der Waals surface area contributed by atoms with Crippen LogP contribution in [-0.2, 0) is 22.2 Å².